The normalized spacial score (nSPS) is 19.3. The lowest BCUT2D eigenvalue weighted by molar-refractivity contribution is -0.144. The minimum atomic E-state index is -3.07. The summed E-state index contributed by atoms with van der Waals surface area (Å²) in [7, 11) is -3.07. The third kappa shape index (κ3) is 4.66. The number of fused-ring (bicyclic) bond motifs is 1. The number of carbonyl (C=O) groups is 2. The minimum absolute atomic E-state index is 0.0605. The molecule has 0 bridgehead atoms. The van der Waals surface area contributed by atoms with Crippen molar-refractivity contribution in [1.82, 2.24) is 10.3 Å². The van der Waals surface area contributed by atoms with Gasteiger partial charge in [-0.1, -0.05) is 12.1 Å². The monoisotopic (exact) mass is 364 g/mol. The summed E-state index contributed by atoms with van der Waals surface area (Å²) in [5.41, 5.74) is 1.27. The van der Waals surface area contributed by atoms with Gasteiger partial charge >= 0.3 is 5.97 Å². The molecule has 1 saturated heterocycles. The second-order valence-corrected chi connectivity index (χ2v) is 7.86. The Morgan fingerprint density at radius 3 is 2.88 bits per heavy atom. The van der Waals surface area contributed by atoms with Crippen LogP contribution in [0, 0.1) is 0 Å². The summed E-state index contributed by atoms with van der Waals surface area (Å²) in [6.07, 6.45) is 2.83. The summed E-state index contributed by atoms with van der Waals surface area (Å²) in [6.45, 7) is -0.479. The van der Waals surface area contributed by atoms with Crippen molar-refractivity contribution >= 4 is 38.9 Å². The fourth-order valence-electron chi connectivity index (χ4n) is 2.46. The Morgan fingerprint density at radius 1 is 1.36 bits per heavy atom. The molecule has 1 aromatic heterocycles. The van der Waals surface area contributed by atoms with Gasteiger partial charge in [-0.2, -0.15) is 0 Å². The maximum Gasteiger partial charge on any atom is 0.331 e. The van der Waals surface area contributed by atoms with Gasteiger partial charge in [0.25, 0.3) is 5.91 Å². The number of hydrogen-bond acceptors (Lipinski definition) is 7. The second kappa shape index (κ2) is 7.06. The van der Waals surface area contributed by atoms with Gasteiger partial charge in [-0.3, -0.25) is 4.79 Å². The molecule has 1 amide bonds. The number of esters is 1. The largest absolute Gasteiger partial charge is 0.452 e. The minimum Gasteiger partial charge on any atom is -0.452 e. The number of carbonyl (C=O) groups excluding carboxylic acids is 2. The Labute approximate surface area is 143 Å². The molecular weight excluding hydrogens is 348 g/mol. The van der Waals surface area contributed by atoms with Crippen molar-refractivity contribution in [2.75, 3.05) is 18.1 Å². The van der Waals surface area contributed by atoms with Gasteiger partial charge in [-0.25, -0.2) is 18.2 Å². The number of ether oxygens (including phenoxy) is 1. The Hall–Kier alpha value is -2.68. The number of para-hydroxylation sites is 2. The zero-order valence-electron chi connectivity index (χ0n) is 13.2. The summed E-state index contributed by atoms with van der Waals surface area (Å²) in [5, 5.41) is 2.53. The maximum absolute atomic E-state index is 11.7. The molecule has 0 unspecified atom stereocenters. The fraction of sp³-hybridized carbons (Fsp3) is 0.312. The number of benzene rings is 1. The topological polar surface area (TPSA) is 116 Å². The maximum atomic E-state index is 11.7. The zero-order valence-corrected chi connectivity index (χ0v) is 14.0. The number of oxazole rings is 1. The van der Waals surface area contributed by atoms with Gasteiger partial charge in [0, 0.05) is 18.2 Å². The van der Waals surface area contributed by atoms with Crippen molar-refractivity contribution in [3.8, 4) is 0 Å². The number of nitrogens with zero attached hydrogens (tertiary/aromatic N) is 1. The molecule has 25 heavy (non-hydrogen) atoms. The number of sulfone groups is 1. The molecule has 1 fully saturated rings. The molecule has 0 aliphatic carbocycles. The number of nitrogens with one attached hydrogen (secondary N) is 1. The number of aromatic nitrogens is 1. The van der Waals surface area contributed by atoms with Crippen molar-refractivity contribution in [3.63, 3.8) is 0 Å². The van der Waals surface area contributed by atoms with Crippen LogP contribution in [0.15, 0.2) is 34.8 Å². The summed E-state index contributed by atoms with van der Waals surface area (Å²) < 4.78 is 32.8. The van der Waals surface area contributed by atoms with Crippen LogP contribution < -0.4 is 5.32 Å². The second-order valence-electron chi connectivity index (χ2n) is 5.63. The van der Waals surface area contributed by atoms with Gasteiger partial charge in [0.15, 0.2) is 22.0 Å². The highest BCUT2D eigenvalue weighted by Gasteiger charge is 2.28. The molecule has 1 aromatic carbocycles. The smallest absolute Gasteiger partial charge is 0.331 e. The van der Waals surface area contributed by atoms with Gasteiger partial charge in [0.05, 0.1) is 11.5 Å². The van der Waals surface area contributed by atoms with E-state index in [0.717, 1.165) is 6.08 Å². The van der Waals surface area contributed by atoms with Gasteiger partial charge in [0.1, 0.15) is 5.52 Å². The molecule has 0 saturated carbocycles. The van der Waals surface area contributed by atoms with E-state index in [4.69, 9.17) is 9.15 Å². The van der Waals surface area contributed by atoms with Crippen molar-refractivity contribution in [1.29, 1.82) is 0 Å². The molecule has 1 atom stereocenters. The summed E-state index contributed by atoms with van der Waals surface area (Å²) in [4.78, 5) is 27.5. The molecule has 1 N–H and O–H groups in total. The fourth-order valence-corrected chi connectivity index (χ4v) is 4.14. The van der Waals surface area contributed by atoms with E-state index in [1.165, 1.54) is 6.08 Å². The Morgan fingerprint density at radius 2 is 2.16 bits per heavy atom. The Balaban J connectivity index is 1.46. The van der Waals surface area contributed by atoms with E-state index in [0.29, 0.717) is 17.5 Å². The number of hydrogen-bond donors (Lipinski definition) is 1. The molecular formula is C16H16N2O6S. The molecule has 2 heterocycles. The van der Waals surface area contributed by atoms with Crippen LogP contribution in [0.1, 0.15) is 12.3 Å². The van der Waals surface area contributed by atoms with Gasteiger partial charge in [-0.05, 0) is 18.6 Å². The first-order valence-corrected chi connectivity index (χ1v) is 9.44. The van der Waals surface area contributed by atoms with E-state index >= 15 is 0 Å². The number of rotatable bonds is 5. The average molecular weight is 364 g/mol. The molecule has 1 aliphatic rings. The summed E-state index contributed by atoms with van der Waals surface area (Å²) in [5.74, 6) is -1.03. The van der Waals surface area contributed by atoms with Crippen LogP contribution in [-0.4, -0.2) is 49.4 Å². The van der Waals surface area contributed by atoms with Crippen molar-refractivity contribution in [2.45, 2.75) is 12.5 Å². The molecule has 132 valence electrons. The molecule has 0 spiro atoms. The van der Waals surface area contributed by atoms with Crippen LogP contribution in [0.2, 0.25) is 0 Å². The Bertz CT molecular complexity index is 898. The molecule has 0 radical (unpaired) electrons. The highest BCUT2D eigenvalue weighted by molar-refractivity contribution is 7.91. The highest BCUT2D eigenvalue weighted by atomic mass is 32.2. The SMILES string of the molecule is O=C(COC(=O)/C=C/c1nc2ccccc2o1)N[C@H]1CCS(=O)(=O)C1. The standard InChI is InChI=1S/C16H16N2O6S/c19-14(17-11-7-8-25(21,22)10-11)9-23-16(20)6-5-15-18-12-3-1-2-4-13(12)24-15/h1-6,11H,7-10H2,(H,17,19)/b6-5+/t11-/m0/s1. The van der Waals surface area contributed by atoms with Crippen molar-refractivity contribution in [3.05, 3.63) is 36.2 Å². The van der Waals surface area contributed by atoms with Crippen molar-refractivity contribution in [2.24, 2.45) is 0 Å². The van der Waals surface area contributed by atoms with Crippen LogP contribution in [0.3, 0.4) is 0 Å². The summed E-state index contributed by atoms with van der Waals surface area (Å²) >= 11 is 0. The predicted octanol–water partition coefficient (Wildman–Crippen LogP) is 0.688. The van der Waals surface area contributed by atoms with Gasteiger partial charge < -0.3 is 14.5 Å². The first-order valence-electron chi connectivity index (χ1n) is 7.61. The molecule has 8 nitrogen and oxygen atoms in total. The van der Waals surface area contributed by atoms with E-state index < -0.39 is 34.4 Å². The van der Waals surface area contributed by atoms with E-state index in [2.05, 4.69) is 10.3 Å². The van der Waals surface area contributed by atoms with Gasteiger partial charge in [0.2, 0.25) is 5.89 Å². The van der Waals surface area contributed by atoms with E-state index in [1.807, 2.05) is 12.1 Å². The third-order valence-corrected chi connectivity index (χ3v) is 5.38. The predicted molar refractivity (Wildman–Crippen MR) is 89.2 cm³/mol. The Kier molecular flexibility index (Phi) is 4.84. The molecule has 1 aliphatic heterocycles. The van der Waals surface area contributed by atoms with Crippen LogP contribution in [0.25, 0.3) is 17.2 Å². The van der Waals surface area contributed by atoms with Gasteiger partial charge in [-0.15, -0.1) is 0 Å². The van der Waals surface area contributed by atoms with E-state index in [1.54, 1.807) is 12.1 Å². The quantitative estimate of drug-likeness (QED) is 0.613. The zero-order chi connectivity index (χ0) is 17.9. The van der Waals surface area contributed by atoms with E-state index in [9.17, 15) is 18.0 Å². The lowest BCUT2D eigenvalue weighted by atomic mass is 10.2. The average Bonchev–Trinajstić information content (AvgIpc) is 3.13. The molecule has 9 heteroatoms. The summed E-state index contributed by atoms with van der Waals surface area (Å²) in [6, 6.07) is 6.74. The molecule has 3 rings (SSSR count). The third-order valence-electron chi connectivity index (χ3n) is 3.62. The van der Waals surface area contributed by atoms with Crippen molar-refractivity contribution < 1.29 is 27.2 Å². The van der Waals surface area contributed by atoms with E-state index in [-0.39, 0.29) is 17.4 Å². The van der Waals surface area contributed by atoms with Crippen LogP contribution in [-0.2, 0) is 24.2 Å². The lowest BCUT2D eigenvalue weighted by Crippen LogP contribution is -2.38. The number of amides is 1. The highest BCUT2D eigenvalue weighted by Crippen LogP contribution is 2.15. The lowest BCUT2D eigenvalue weighted by Gasteiger charge is -2.10. The van der Waals surface area contributed by atoms with Crippen LogP contribution in [0.5, 0.6) is 0 Å². The van der Waals surface area contributed by atoms with Crippen LogP contribution in [0.4, 0.5) is 0 Å². The van der Waals surface area contributed by atoms with Crippen LogP contribution >= 0.6 is 0 Å². The molecule has 2 aromatic rings. The first-order chi connectivity index (χ1) is 11.9. The first kappa shape index (κ1) is 17.2.